The fourth-order valence-electron chi connectivity index (χ4n) is 1.96. The van der Waals surface area contributed by atoms with Gasteiger partial charge in [-0.15, -0.1) is 0 Å². The number of rotatable bonds is 2. The summed E-state index contributed by atoms with van der Waals surface area (Å²) in [6, 6.07) is 0. The Morgan fingerprint density at radius 1 is 1.21 bits per heavy atom. The number of aliphatic hydroxyl groups is 1. The van der Waals surface area contributed by atoms with Crippen molar-refractivity contribution in [1.29, 1.82) is 0 Å². The average Bonchev–Trinajstić information content (AvgIpc) is 2.68. The topological polar surface area (TPSA) is 90.9 Å². The van der Waals surface area contributed by atoms with E-state index in [0.29, 0.717) is 12.8 Å². The maximum Gasteiger partial charge on any atom is 0.344 e. The third-order valence-corrected chi connectivity index (χ3v) is 2.75. The van der Waals surface area contributed by atoms with E-state index in [1.54, 1.807) is 0 Å². The molecule has 0 saturated heterocycles. The van der Waals surface area contributed by atoms with Gasteiger partial charge in [-0.1, -0.05) is 12.8 Å². The second-order valence-electron chi connectivity index (χ2n) is 3.88. The van der Waals surface area contributed by atoms with Gasteiger partial charge in [0.25, 0.3) is 0 Å². The van der Waals surface area contributed by atoms with E-state index >= 15 is 0 Å². The molecule has 0 aliphatic heterocycles. The lowest BCUT2D eigenvalue weighted by atomic mass is 10.0. The summed E-state index contributed by atoms with van der Waals surface area (Å²) in [7, 11) is 0. The number of hydrogen-bond donors (Lipinski definition) is 3. The Labute approximate surface area is 79.6 Å². The highest BCUT2D eigenvalue weighted by molar-refractivity contribution is 4.85. The lowest BCUT2D eigenvalue weighted by Crippen LogP contribution is -2.39. The summed E-state index contributed by atoms with van der Waals surface area (Å²) in [6.45, 7) is 0.0880. The minimum Gasteiger partial charge on any atom is -0.388 e. The molecule has 0 bridgehead atoms. The molecular weight excluding hydrogens is 186 g/mol. The van der Waals surface area contributed by atoms with Crippen LogP contribution in [0.5, 0.6) is 0 Å². The van der Waals surface area contributed by atoms with E-state index in [0.717, 1.165) is 17.4 Å². The predicted molar refractivity (Wildman–Crippen MR) is 49.1 cm³/mol. The predicted octanol–water partition coefficient (Wildman–Crippen LogP) is -0.830. The smallest absolute Gasteiger partial charge is 0.344 e. The number of hydrogen-bond acceptors (Lipinski definition) is 3. The van der Waals surface area contributed by atoms with Gasteiger partial charge < -0.3 is 5.11 Å². The SMILES string of the molecule is O=c1[nH][nH]c(=O)n1CC1(O)CCCC1. The van der Waals surface area contributed by atoms with Gasteiger partial charge in [0.2, 0.25) is 0 Å². The lowest BCUT2D eigenvalue weighted by Gasteiger charge is -2.20. The van der Waals surface area contributed by atoms with E-state index in [-0.39, 0.29) is 6.54 Å². The maximum atomic E-state index is 11.1. The molecule has 1 aliphatic rings. The zero-order valence-electron chi connectivity index (χ0n) is 7.75. The van der Waals surface area contributed by atoms with E-state index in [4.69, 9.17) is 0 Å². The van der Waals surface area contributed by atoms with Crippen LogP contribution in [-0.2, 0) is 6.54 Å². The highest BCUT2D eigenvalue weighted by atomic mass is 16.3. The van der Waals surface area contributed by atoms with E-state index in [9.17, 15) is 14.7 Å². The van der Waals surface area contributed by atoms with Crippen LogP contribution in [0.15, 0.2) is 9.59 Å². The van der Waals surface area contributed by atoms with Gasteiger partial charge in [0.15, 0.2) is 0 Å². The molecular formula is C8H13N3O3. The van der Waals surface area contributed by atoms with E-state index < -0.39 is 17.0 Å². The highest BCUT2D eigenvalue weighted by Crippen LogP contribution is 2.29. The molecule has 1 aliphatic carbocycles. The first-order chi connectivity index (χ1) is 6.61. The Hall–Kier alpha value is -1.30. The van der Waals surface area contributed by atoms with Crippen LogP contribution < -0.4 is 11.4 Å². The van der Waals surface area contributed by atoms with Crippen molar-refractivity contribution in [2.24, 2.45) is 0 Å². The summed E-state index contributed by atoms with van der Waals surface area (Å²) in [5.74, 6) is 0. The molecule has 2 rings (SSSR count). The van der Waals surface area contributed by atoms with Crippen LogP contribution in [0.4, 0.5) is 0 Å². The summed E-state index contributed by atoms with van der Waals surface area (Å²) >= 11 is 0. The molecule has 0 amide bonds. The average molecular weight is 199 g/mol. The van der Waals surface area contributed by atoms with Gasteiger partial charge in [0.1, 0.15) is 0 Å². The molecule has 0 atom stereocenters. The van der Waals surface area contributed by atoms with Crippen molar-refractivity contribution in [3.8, 4) is 0 Å². The first kappa shape index (κ1) is 9.26. The number of nitrogens with zero attached hydrogens (tertiary/aromatic N) is 1. The molecule has 0 radical (unpaired) electrons. The van der Waals surface area contributed by atoms with Gasteiger partial charge in [0, 0.05) is 0 Å². The molecule has 6 heteroatoms. The third kappa shape index (κ3) is 1.52. The van der Waals surface area contributed by atoms with Crippen molar-refractivity contribution in [2.75, 3.05) is 0 Å². The van der Waals surface area contributed by atoms with Crippen molar-refractivity contribution in [1.82, 2.24) is 14.8 Å². The molecule has 14 heavy (non-hydrogen) atoms. The summed E-state index contributed by atoms with van der Waals surface area (Å²) in [6.07, 6.45) is 3.22. The molecule has 0 spiro atoms. The van der Waals surface area contributed by atoms with E-state index in [2.05, 4.69) is 10.2 Å². The zero-order chi connectivity index (χ0) is 10.2. The van der Waals surface area contributed by atoms with Crippen LogP contribution in [0.25, 0.3) is 0 Å². The van der Waals surface area contributed by atoms with Crippen LogP contribution >= 0.6 is 0 Å². The monoisotopic (exact) mass is 199 g/mol. The van der Waals surface area contributed by atoms with Crippen LogP contribution in [-0.4, -0.2) is 25.5 Å². The van der Waals surface area contributed by atoms with Crippen molar-refractivity contribution >= 4 is 0 Å². The molecule has 1 aromatic heterocycles. The second-order valence-corrected chi connectivity index (χ2v) is 3.88. The van der Waals surface area contributed by atoms with Crippen molar-refractivity contribution in [3.05, 3.63) is 21.0 Å². The molecule has 1 saturated carbocycles. The Kier molecular flexibility index (Phi) is 2.07. The third-order valence-electron chi connectivity index (χ3n) is 2.75. The summed E-state index contributed by atoms with van der Waals surface area (Å²) in [5, 5.41) is 14.4. The Bertz CT molecular complexity index is 394. The largest absolute Gasteiger partial charge is 0.388 e. The van der Waals surface area contributed by atoms with Crippen LogP contribution in [0.3, 0.4) is 0 Å². The van der Waals surface area contributed by atoms with E-state index in [1.807, 2.05) is 0 Å². The fraction of sp³-hybridized carbons (Fsp3) is 0.750. The minimum absolute atomic E-state index is 0.0880. The zero-order valence-corrected chi connectivity index (χ0v) is 7.75. The Morgan fingerprint density at radius 2 is 1.71 bits per heavy atom. The van der Waals surface area contributed by atoms with Crippen molar-refractivity contribution < 1.29 is 5.11 Å². The van der Waals surface area contributed by atoms with Gasteiger partial charge in [0.05, 0.1) is 12.1 Å². The highest BCUT2D eigenvalue weighted by Gasteiger charge is 2.32. The van der Waals surface area contributed by atoms with Crippen LogP contribution in [0.1, 0.15) is 25.7 Å². The molecule has 0 aromatic carbocycles. The van der Waals surface area contributed by atoms with Gasteiger partial charge in [-0.25, -0.2) is 24.4 Å². The van der Waals surface area contributed by atoms with Crippen LogP contribution in [0, 0.1) is 0 Å². The van der Waals surface area contributed by atoms with Gasteiger partial charge in [-0.3, -0.25) is 0 Å². The molecule has 6 nitrogen and oxygen atoms in total. The maximum absolute atomic E-state index is 11.1. The molecule has 0 unspecified atom stereocenters. The molecule has 1 aromatic rings. The second kappa shape index (κ2) is 3.13. The number of aromatic amines is 2. The van der Waals surface area contributed by atoms with Gasteiger partial charge in [-0.2, -0.15) is 0 Å². The lowest BCUT2D eigenvalue weighted by molar-refractivity contribution is 0.0281. The van der Waals surface area contributed by atoms with E-state index in [1.165, 1.54) is 0 Å². The number of H-pyrrole nitrogens is 2. The molecule has 1 heterocycles. The van der Waals surface area contributed by atoms with Crippen LogP contribution in [0.2, 0.25) is 0 Å². The quantitative estimate of drug-likeness (QED) is 0.580. The Balaban J connectivity index is 2.26. The first-order valence-corrected chi connectivity index (χ1v) is 4.71. The molecule has 3 N–H and O–H groups in total. The van der Waals surface area contributed by atoms with Gasteiger partial charge in [-0.05, 0) is 12.8 Å². The number of aromatic nitrogens is 3. The first-order valence-electron chi connectivity index (χ1n) is 4.71. The molecule has 78 valence electrons. The fourth-order valence-corrected chi connectivity index (χ4v) is 1.96. The van der Waals surface area contributed by atoms with Crippen molar-refractivity contribution in [2.45, 2.75) is 37.8 Å². The number of nitrogens with one attached hydrogen (secondary N) is 2. The Morgan fingerprint density at radius 3 is 2.21 bits per heavy atom. The molecule has 1 fully saturated rings. The standard InChI is InChI=1S/C8H13N3O3/c12-6-9-10-7(13)11(6)5-8(14)3-1-2-4-8/h14H,1-5H2,(H,9,12)(H,10,13). The van der Waals surface area contributed by atoms with Gasteiger partial charge >= 0.3 is 11.4 Å². The normalized spacial score (nSPS) is 20.1. The van der Waals surface area contributed by atoms with Crippen molar-refractivity contribution in [3.63, 3.8) is 0 Å². The summed E-state index contributed by atoms with van der Waals surface area (Å²) in [5.41, 5.74) is -1.86. The summed E-state index contributed by atoms with van der Waals surface area (Å²) in [4.78, 5) is 22.3. The minimum atomic E-state index is -0.876. The summed E-state index contributed by atoms with van der Waals surface area (Å²) < 4.78 is 1.01.